The van der Waals surface area contributed by atoms with Crippen molar-refractivity contribution in [3.05, 3.63) is 60.2 Å². The number of amides is 3. The van der Waals surface area contributed by atoms with Crippen molar-refractivity contribution in [2.75, 3.05) is 26.2 Å². The maximum Gasteiger partial charge on any atom is 0.249 e. The fraction of sp³-hybridized carbons (Fsp3) is 0.552. The molecule has 198 valence electrons. The van der Waals surface area contributed by atoms with Crippen LogP contribution in [0.25, 0.3) is 0 Å². The highest BCUT2D eigenvalue weighted by Gasteiger charge is 2.75. The van der Waals surface area contributed by atoms with Crippen LogP contribution in [-0.4, -0.2) is 87.1 Å². The van der Waals surface area contributed by atoms with Gasteiger partial charge in [-0.15, -0.1) is 0 Å². The highest BCUT2D eigenvalue weighted by atomic mass is 16.5. The Bertz CT molecular complexity index is 1120. The zero-order chi connectivity index (χ0) is 26.4. The number of carbonyl (C=O) groups excluding carboxylic acids is 3. The van der Waals surface area contributed by atoms with E-state index in [1.807, 2.05) is 75.4 Å². The van der Waals surface area contributed by atoms with E-state index in [9.17, 15) is 19.5 Å². The summed E-state index contributed by atoms with van der Waals surface area (Å²) < 4.78 is 6.82. The summed E-state index contributed by atoms with van der Waals surface area (Å²) in [6.07, 6.45) is 8.89. The Morgan fingerprint density at radius 3 is 2.35 bits per heavy atom. The van der Waals surface area contributed by atoms with E-state index < -0.39 is 35.1 Å². The summed E-state index contributed by atoms with van der Waals surface area (Å²) in [6.45, 7) is 7.32. The Hall–Kier alpha value is -2.97. The van der Waals surface area contributed by atoms with Crippen LogP contribution < -0.4 is 0 Å². The van der Waals surface area contributed by atoms with Crippen LogP contribution in [0.15, 0.2) is 54.6 Å². The molecule has 8 heteroatoms. The topological polar surface area (TPSA) is 90.4 Å². The molecule has 2 fully saturated rings. The van der Waals surface area contributed by atoms with Crippen LogP contribution in [0.3, 0.4) is 0 Å². The van der Waals surface area contributed by atoms with Crippen molar-refractivity contribution in [1.29, 1.82) is 0 Å². The lowest BCUT2D eigenvalue weighted by Crippen LogP contribution is -2.58. The zero-order valence-electron chi connectivity index (χ0n) is 21.9. The van der Waals surface area contributed by atoms with Crippen molar-refractivity contribution in [2.45, 2.75) is 63.4 Å². The summed E-state index contributed by atoms with van der Waals surface area (Å²) in [5.74, 6) is -2.24. The molecule has 0 aromatic heterocycles. The van der Waals surface area contributed by atoms with Gasteiger partial charge in [-0.05, 0) is 25.3 Å². The van der Waals surface area contributed by atoms with Crippen molar-refractivity contribution >= 4 is 17.7 Å². The van der Waals surface area contributed by atoms with E-state index in [4.69, 9.17) is 4.74 Å². The van der Waals surface area contributed by atoms with Crippen LogP contribution in [0.4, 0.5) is 0 Å². The predicted octanol–water partition coefficient (Wildman–Crippen LogP) is 2.14. The summed E-state index contributed by atoms with van der Waals surface area (Å²) in [7, 11) is 0. The fourth-order valence-electron chi connectivity index (χ4n) is 6.78. The third-order valence-electron chi connectivity index (χ3n) is 8.45. The van der Waals surface area contributed by atoms with Gasteiger partial charge in [-0.3, -0.25) is 14.4 Å². The maximum absolute atomic E-state index is 14.3. The minimum Gasteiger partial charge on any atom is -0.394 e. The quantitative estimate of drug-likeness (QED) is 0.571. The standard InChI is InChI=1S/C29H37N3O5/c1-4-15-30-16-9-13-28(3)22(25(30)34)23-26(35)32(21(5-2)19-33)24-27(36)31(17-10-14-29(23,24)37-28)18-20-11-7-6-8-12-20/h6-14,21-24,33H,4-5,15-19H2,1-3H3/t21-,22-,23-,24?,28+,29-/m0/s1. The molecule has 4 aliphatic rings. The Morgan fingerprint density at radius 1 is 0.973 bits per heavy atom. The number of carbonyl (C=O) groups is 3. The number of hydrogen-bond donors (Lipinski definition) is 1. The van der Waals surface area contributed by atoms with E-state index in [0.29, 0.717) is 32.6 Å². The molecular weight excluding hydrogens is 470 g/mol. The van der Waals surface area contributed by atoms with Crippen LogP contribution in [0.2, 0.25) is 0 Å². The number of hydrogen-bond acceptors (Lipinski definition) is 5. The molecule has 0 bridgehead atoms. The average molecular weight is 508 g/mol. The molecule has 1 unspecified atom stereocenters. The van der Waals surface area contributed by atoms with E-state index in [1.165, 1.54) is 4.90 Å². The molecule has 37 heavy (non-hydrogen) atoms. The SMILES string of the molecule is CCCN1CC=C[C@@]2(C)O[C@]34C=CCN(Cc5ccccc5)C(=O)C3N([C@@H](CC)CO)C(=O)[C@@H]4[C@H]2C1=O. The van der Waals surface area contributed by atoms with E-state index in [0.717, 1.165) is 12.0 Å². The number of rotatable bonds is 7. The molecule has 5 rings (SSSR count). The molecule has 8 nitrogen and oxygen atoms in total. The van der Waals surface area contributed by atoms with Crippen LogP contribution in [-0.2, 0) is 25.7 Å². The lowest BCUT2D eigenvalue weighted by atomic mass is 9.74. The third kappa shape index (κ3) is 3.92. The van der Waals surface area contributed by atoms with Crippen molar-refractivity contribution < 1.29 is 24.2 Å². The van der Waals surface area contributed by atoms with Gasteiger partial charge in [0.1, 0.15) is 11.6 Å². The maximum atomic E-state index is 14.3. The first-order valence-corrected chi connectivity index (χ1v) is 13.4. The van der Waals surface area contributed by atoms with Crippen LogP contribution in [0.1, 0.15) is 39.2 Å². The monoisotopic (exact) mass is 507 g/mol. The normalized spacial score (nSPS) is 33.8. The van der Waals surface area contributed by atoms with Gasteiger partial charge in [0.2, 0.25) is 17.7 Å². The molecule has 2 saturated heterocycles. The summed E-state index contributed by atoms with van der Waals surface area (Å²) in [5.41, 5.74) is -1.33. The number of fused-ring (bicyclic) bond motifs is 2. The predicted molar refractivity (Wildman–Crippen MR) is 138 cm³/mol. The largest absolute Gasteiger partial charge is 0.394 e. The third-order valence-corrected chi connectivity index (χ3v) is 8.45. The highest BCUT2D eigenvalue weighted by Crippen LogP contribution is 2.58. The van der Waals surface area contributed by atoms with Gasteiger partial charge >= 0.3 is 0 Å². The molecule has 1 aromatic carbocycles. The minimum atomic E-state index is -1.29. The zero-order valence-corrected chi connectivity index (χ0v) is 21.9. The van der Waals surface area contributed by atoms with Gasteiger partial charge < -0.3 is 24.5 Å². The van der Waals surface area contributed by atoms with Gasteiger partial charge in [-0.25, -0.2) is 0 Å². The first-order chi connectivity index (χ1) is 17.8. The molecule has 0 aliphatic carbocycles. The van der Waals surface area contributed by atoms with Gasteiger partial charge in [-0.1, -0.05) is 68.5 Å². The van der Waals surface area contributed by atoms with Gasteiger partial charge in [0, 0.05) is 26.2 Å². The molecule has 0 saturated carbocycles. The van der Waals surface area contributed by atoms with Gasteiger partial charge in [-0.2, -0.15) is 0 Å². The lowest BCUT2D eigenvalue weighted by Gasteiger charge is -2.40. The van der Waals surface area contributed by atoms with Crippen molar-refractivity contribution in [1.82, 2.24) is 14.7 Å². The summed E-state index contributed by atoms with van der Waals surface area (Å²) >= 11 is 0. The van der Waals surface area contributed by atoms with Crippen molar-refractivity contribution in [3.63, 3.8) is 0 Å². The fourth-order valence-corrected chi connectivity index (χ4v) is 6.78. The second kappa shape index (κ2) is 9.72. The first-order valence-electron chi connectivity index (χ1n) is 13.4. The molecule has 1 N–H and O–H groups in total. The van der Waals surface area contributed by atoms with Gasteiger partial charge in [0.15, 0.2) is 0 Å². The molecule has 4 aliphatic heterocycles. The highest BCUT2D eigenvalue weighted by molar-refractivity contribution is 6.00. The van der Waals surface area contributed by atoms with E-state index in [1.54, 1.807) is 9.80 Å². The number of benzene rings is 1. The number of aliphatic hydroxyl groups excluding tert-OH is 1. The molecule has 1 spiro atoms. The van der Waals surface area contributed by atoms with Crippen LogP contribution >= 0.6 is 0 Å². The summed E-state index contributed by atoms with van der Waals surface area (Å²) in [6, 6.07) is 8.23. The Labute approximate surface area is 218 Å². The Morgan fingerprint density at radius 2 is 1.68 bits per heavy atom. The van der Waals surface area contributed by atoms with Gasteiger partial charge in [0.25, 0.3) is 0 Å². The van der Waals surface area contributed by atoms with E-state index in [-0.39, 0.29) is 24.3 Å². The summed E-state index contributed by atoms with van der Waals surface area (Å²) in [4.78, 5) is 47.6. The Balaban J connectivity index is 1.62. The first kappa shape index (κ1) is 25.7. The molecule has 6 atom stereocenters. The lowest BCUT2D eigenvalue weighted by molar-refractivity contribution is -0.156. The molecule has 3 amide bonds. The number of nitrogens with zero attached hydrogens (tertiary/aromatic N) is 3. The second-order valence-corrected chi connectivity index (χ2v) is 10.8. The van der Waals surface area contributed by atoms with Crippen LogP contribution in [0.5, 0.6) is 0 Å². The Kier molecular flexibility index (Phi) is 6.75. The van der Waals surface area contributed by atoms with Crippen molar-refractivity contribution in [2.24, 2.45) is 11.8 Å². The average Bonchev–Trinajstić information content (AvgIpc) is 3.17. The molecule has 0 radical (unpaired) electrons. The van der Waals surface area contributed by atoms with Gasteiger partial charge in [0.05, 0.1) is 30.1 Å². The molecule has 4 heterocycles. The van der Waals surface area contributed by atoms with Crippen molar-refractivity contribution in [3.8, 4) is 0 Å². The number of aliphatic hydroxyl groups is 1. The van der Waals surface area contributed by atoms with Crippen LogP contribution in [0, 0.1) is 11.8 Å². The molecular formula is C29H37N3O5. The molecule has 1 aromatic rings. The van der Waals surface area contributed by atoms with E-state index in [2.05, 4.69) is 0 Å². The van der Waals surface area contributed by atoms with E-state index >= 15 is 0 Å². The smallest absolute Gasteiger partial charge is 0.249 e. The minimum absolute atomic E-state index is 0.117. The number of ether oxygens (including phenoxy) is 1. The second-order valence-electron chi connectivity index (χ2n) is 10.8. The number of likely N-dealkylation sites (tertiary alicyclic amines) is 1. The summed E-state index contributed by atoms with van der Waals surface area (Å²) in [5, 5.41) is 10.2.